The molecule has 0 spiro atoms. The lowest BCUT2D eigenvalue weighted by Gasteiger charge is -2.34. The van der Waals surface area contributed by atoms with Gasteiger partial charge in [-0.05, 0) is 37.3 Å². The van der Waals surface area contributed by atoms with E-state index in [0.29, 0.717) is 16.9 Å². The van der Waals surface area contributed by atoms with Crippen molar-refractivity contribution in [3.8, 4) is 0 Å². The Labute approximate surface area is 132 Å². The summed E-state index contributed by atoms with van der Waals surface area (Å²) in [4.78, 5) is 14.2. The van der Waals surface area contributed by atoms with Gasteiger partial charge in [0.05, 0.1) is 5.56 Å². The van der Waals surface area contributed by atoms with Gasteiger partial charge in [-0.3, -0.25) is 4.79 Å². The van der Waals surface area contributed by atoms with Gasteiger partial charge in [0.15, 0.2) is 11.9 Å². The summed E-state index contributed by atoms with van der Waals surface area (Å²) in [6, 6.07) is 11.8. The number of fused-ring (bicyclic) bond motifs is 2. The van der Waals surface area contributed by atoms with Crippen molar-refractivity contribution in [1.82, 2.24) is 4.90 Å². The lowest BCUT2D eigenvalue weighted by Crippen LogP contribution is -2.40. The largest absolute Gasteiger partial charge is 0.457 e. The number of halogens is 1. The monoisotopic (exact) mass is 310 g/mol. The molecule has 4 rings (SSSR count). The molecule has 1 amide bonds. The van der Waals surface area contributed by atoms with Crippen LogP contribution in [0.25, 0.3) is 11.0 Å². The van der Waals surface area contributed by atoms with Crippen molar-refractivity contribution in [2.45, 2.75) is 13.1 Å². The molecule has 23 heavy (non-hydrogen) atoms. The number of benzene rings is 2. The Morgan fingerprint density at radius 2 is 2.00 bits per heavy atom. The first kappa shape index (κ1) is 13.8. The zero-order chi connectivity index (χ0) is 16.1. The lowest BCUT2D eigenvalue weighted by atomic mass is 10.0. The fraction of sp³-hybridized carbons (Fsp3) is 0.167. The highest BCUT2D eigenvalue weighted by atomic mass is 19.1. The summed E-state index contributed by atoms with van der Waals surface area (Å²) in [5.41, 5.74) is 2.84. The number of carbonyl (C=O) groups excluding carboxylic acids is 1. The van der Waals surface area contributed by atoms with Gasteiger partial charge in [-0.1, -0.05) is 12.1 Å². The molecule has 1 aliphatic heterocycles. The van der Waals surface area contributed by atoms with Crippen molar-refractivity contribution in [1.29, 1.82) is 0 Å². The summed E-state index contributed by atoms with van der Waals surface area (Å²) in [6.07, 6.45) is -0.423. The van der Waals surface area contributed by atoms with E-state index < -0.39 is 6.17 Å². The molecule has 4 nitrogen and oxygen atoms in total. The Balaban J connectivity index is 1.85. The van der Waals surface area contributed by atoms with Gasteiger partial charge >= 0.3 is 0 Å². The maximum atomic E-state index is 13.5. The fourth-order valence-corrected chi connectivity index (χ4v) is 3.06. The van der Waals surface area contributed by atoms with E-state index in [-0.39, 0.29) is 11.7 Å². The van der Waals surface area contributed by atoms with Crippen LogP contribution in [0.1, 0.15) is 27.8 Å². The number of nitrogens with one attached hydrogen (secondary N) is 1. The molecule has 1 aromatic heterocycles. The van der Waals surface area contributed by atoms with Crippen LogP contribution in [0.5, 0.6) is 0 Å². The van der Waals surface area contributed by atoms with Gasteiger partial charge in [0.1, 0.15) is 11.4 Å². The predicted molar refractivity (Wildman–Crippen MR) is 85.8 cm³/mol. The summed E-state index contributed by atoms with van der Waals surface area (Å²) in [5, 5.41) is 4.05. The van der Waals surface area contributed by atoms with Gasteiger partial charge in [0.25, 0.3) is 5.91 Å². The van der Waals surface area contributed by atoms with Crippen LogP contribution in [0.3, 0.4) is 0 Å². The third-order valence-corrected chi connectivity index (χ3v) is 4.34. The van der Waals surface area contributed by atoms with Crippen LogP contribution in [0, 0.1) is 12.7 Å². The van der Waals surface area contributed by atoms with Crippen LogP contribution in [0.2, 0.25) is 0 Å². The highest BCUT2D eigenvalue weighted by Crippen LogP contribution is 2.37. The van der Waals surface area contributed by atoms with Gasteiger partial charge in [-0.25, -0.2) is 4.39 Å². The first-order chi connectivity index (χ1) is 11.1. The van der Waals surface area contributed by atoms with E-state index in [1.54, 1.807) is 24.1 Å². The number of furan rings is 1. The Kier molecular flexibility index (Phi) is 2.91. The number of para-hydroxylation sites is 1. The molecule has 2 heterocycles. The van der Waals surface area contributed by atoms with Crippen LogP contribution in [-0.4, -0.2) is 17.9 Å². The number of anilines is 1. The third-order valence-electron chi connectivity index (χ3n) is 4.34. The second kappa shape index (κ2) is 4.84. The number of hydrogen-bond donors (Lipinski definition) is 1. The molecule has 1 atom stereocenters. The molecule has 5 heteroatoms. The minimum Gasteiger partial charge on any atom is -0.457 e. The lowest BCUT2D eigenvalue weighted by molar-refractivity contribution is 0.0720. The van der Waals surface area contributed by atoms with Crippen LogP contribution in [0.4, 0.5) is 10.1 Å². The Morgan fingerprint density at radius 1 is 1.22 bits per heavy atom. The fourth-order valence-electron chi connectivity index (χ4n) is 3.06. The molecule has 3 aromatic rings. The van der Waals surface area contributed by atoms with E-state index in [2.05, 4.69) is 5.32 Å². The number of hydrogen-bond acceptors (Lipinski definition) is 3. The highest BCUT2D eigenvalue weighted by molar-refractivity contribution is 6.01. The predicted octanol–water partition coefficient (Wildman–Crippen LogP) is 4.08. The molecule has 116 valence electrons. The van der Waals surface area contributed by atoms with Crippen LogP contribution >= 0.6 is 0 Å². The Hall–Kier alpha value is -2.82. The van der Waals surface area contributed by atoms with Crippen molar-refractivity contribution in [3.05, 3.63) is 65.2 Å². The van der Waals surface area contributed by atoms with E-state index in [1.807, 2.05) is 25.1 Å². The van der Waals surface area contributed by atoms with Gasteiger partial charge in [-0.15, -0.1) is 0 Å². The van der Waals surface area contributed by atoms with E-state index >= 15 is 0 Å². The number of carbonyl (C=O) groups is 1. The van der Waals surface area contributed by atoms with E-state index in [0.717, 1.165) is 16.6 Å². The SMILES string of the molecule is Cc1c(C2Nc3ccccc3C(=O)N2C)oc2ccc(F)cc12. The zero-order valence-electron chi connectivity index (χ0n) is 12.8. The Morgan fingerprint density at radius 3 is 2.83 bits per heavy atom. The quantitative estimate of drug-likeness (QED) is 0.736. The van der Waals surface area contributed by atoms with Crippen LogP contribution < -0.4 is 5.32 Å². The average Bonchev–Trinajstić information content (AvgIpc) is 2.87. The van der Waals surface area contributed by atoms with E-state index in [4.69, 9.17) is 4.42 Å². The first-order valence-corrected chi connectivity index (χ1v) is 7.37. The smallest absolute Gasteiger partial charge is 0.257 e. The number of nitrogens with zero attached hydrogens (tertiary/aromatic N) is 1. The minimum absolute atomic E-state index is 0.0737. The molecule has 0 bridgehead atoms. The van der Waals surface area contributed by atoms with E-state index in [9.17, 15) is 9.18 Å². The maximum Gasteiger partial charge on any atom is 0.257 e. The molecule has 0 aliphatic carbocycles. The van der Waals surface area contributed by atoms with Crippen molar-refractivity contribution >= 4 is 22.6 Å². The summed E-state index contributed by atoms with van der Waals surface area (Å²) < 4.78 is 19.4. The zero-order valence-corrected chi connectivity index (χ0v) is 12.8. The molecule has 1 aliphatic rings. The summed E-state index contributed by atoms with van der Waals surface area (Å²) in [6.45, 7) is 1.88. The van der Waals surface area contributed by atoms with Gasteiger partial charge in [-0.2, -0.15) is 0 Å². The number of amides is 1. The molecule has 0 saturated heterocycles. The first-order valence-electron chi connectivity index (χ1n) is 7.37. The second-order valence-electron chi connectivity index (χ2n) is 5.74. The molecule has 1 N–H and O–H groups in total. The van der Waals surface area contributed by atoms with Crippen molar-refractivity contribution in [2.75, 3.05) is 12.4 Å². The third kappa shape index (κ3) is 2.00. The highest BCUT2D eigenvalue weighted by Gasteiger charge is 2.33. The molecule has 0 saturated carbocycles. The molecule has 2 aromatic carbocycles. The van der Waals surface area contributed by atoms with Crippen LogP contribution in [-0.2, 0) is 0 Å². The number of rotatable bonds is 1. The van der Waals surface area contributed by atoms with E-state index in [1.165, 1.54) is 12.1 Å². The topological polar surface area (TPSA) is 45.5 Å². The summed E-state index contributed by atoms with van der Waals surface area (Å²) in [7, 11) is 1.73. The molecular weight excluding hydrogens is 295 g/mol. The standard InChI is InChI=1S/C18H15FN2O2/c1-10-13-9-11(19)7-8-15(13)23-16(10)17-20-14-6-4-3-5-12(14)18(22)21(17)2/h3-9,17,20H,1-2H3. The maximum absolute atomic E-state index is 13.5. The molecule has 0 radical (unpaired) electrons. The van der Waals surface area contributed by atoms with Crippen molar-refractivity contribution < 1.29 is 13.6 Å². The molecule has 1 unspecified atom stereocenters. The molecule has 0 fully saturated rings. The molecular formula is C18H15FN2O2. The Bertz CT molecular complexity index is 932. The van der Waals surface area contributed by atoms with Gasteiger partial charge in [0.2, 0.25) is 0 Å². The minimum atomic E-state index is -0.423. The average molecular weight is 310 g/mol. The summed E-state index contributed by atoms with van der Waals surface area (Å²) in [5.74, 6) is 0.241. The van der Waals surface area contributed by atoms with Crippen molar-refractivity contribution in [2.24, 2.45) is 0 Å². The van der Waals surface area contributed by atoms with Gasteiger partial charge in [0, 0.05) is 23.7 Å². The normalized spacial score (nSPS) is 17.3. The van der Waals surface area contributed by atoms with Crippen molar-refractivity contribution in [3.63, 3.8) is 0 Å². The number of aryl methyl sites for hydroxylation is 1. The van der Waals surface area contributed by atoms with Gasteiger partial charge < -0.3 is 14.6 Å². The summed E-state index contributed by atoms with van der Waals surface area (Å²) >= 11 is 0. The van der Waals surface area contributed by atoms with Crippen LogP contribution in [0.15, 0.2) is 46.9 Å². The second-order valence-corrected chi connectivity index (χ2v) is 5.74.